The molecule has 0 saturated carbocycles. The number of hydrogen-bond acceptors (Lipinski definition) is 4. The first-order valence-electron chi connectivity index (χ1n) is 9.95. The molecule has 2 aromatic rings. The van der Waals surface area contributed by atoms with Gasteiger partial charge in [0.05, 0.1) is 13.2 Å². The monoisotopic (exact) mass is 430 g/mol. The Bertz CT molecular complexity index is 904. The molecule has 2 amide bonds. The van der Waals surface area contributed by atoms with Crippen LogP contribution in [0, 0.1) is 5.41 Å². The Hall–Kier alpha value is -2.57. The average Bonchev–Trinajstić information content (AvgIpc) is 2.72. The number of amides is 2. The molecular weight excluding hydrogens is 404 g/mol. The van der Waals surface area contributed by atoms with Gasteiger partial charge in [-0.05, 0) is 48.7 Å². The summed E-state index contributed by atoms with van der Waals surface area (Å²) in [5.41, 5.74) is 6.56. The van der Waals surface area contributed by atoms with Crippen molar-refractivity contribution >= 4 is 23.4 Å². The molecule has 0 unspecified atom stereocenters. The Morgan fingerprint density at radius 2 is 2.00 bits per heavy atom. The average molecular weight is 431 g/mol. The predicted molar refractivity (Wildman–Crippen MR) is 115 cm³/mol. The second kappa shape index (κ2) is 9.96. The molecule has 2 aromatic carbocycles. The second-order valence-corrected chi connectivity index (χ2v) is 8.29. The highest BCUT2D eigenvalue weighted by molar-refractivity contribution is 6.30. The van der Waals surface area contributed by atoms with E-state index in [4.69, 9.17) is 26.8 Å². The standard InChI is InChI=1S/C23H27ClN2O4/c1-29-14-17-5-2-6-18(11-17)22(28)26-10-4-9-23(15-26,13-21(25)27)16-30-20-8-3-7-19(24)12-20/h2-3,5-8,11-12H,4,9-10,13-16H2,1H3,(H2,25,27)/t23-/m0/s1. The van der Waals surface area contributed by atoms with Crippen LogP contribution in [-0.2, 0) is 16.1 Å². The van der Waals surface area contributed by atoms with Crippen molar-refractivity contribution < 1.29 is 19.1 Å². The zero-order chi connectivity index (χ0) is 21.6. The molecule has 1 aliphatic heterocycles. The van der Waals surface area contributed by atoms with Crippen molar-refractivity contribution in [1.82, 2.24) is 4.90 Å². The van der Waals surface area contributed by atoms with Gasteiger partial charge in [-0.15, -0.1) is 0 Å². The molecule has 6 nitrogen and oxygen atoms in total. The topological polar surface area (TPSA) is 81.9 Å². The molecule has 1 aliphatic rings. The number of halogens is 1. The first-order chi connectivity index (χ1) is 14.4. The molecule has 2 N–H and O–H groups in total. The van der Waals surface area contributed by atoms with Crippen LogP contribution >= 0.6 is 11.6 Å². The Balaban J connectivity index is 1.76. The van der Waals surface area contributed by atoms with E-state index in [0.717, 1.165) is 18.4 Å². The first-order valence-corrected chi connectivity index (χ1v) is 10.3. The van der Waals surface area contributed by atoms with Crippen molar-refractivity contribution in [3.8, 4) is 5.75 Å². The van der Waals surface area contributed by atoms with Gasteiger partial charge in [-0.1, -0.05) is 29.8 Å². The summed E-state index contributed by atoms with van der Waals surface area (Å²) >= 11 is 6.04. The minimum atomic E-state index is -0.536. The fourth-order valence-electron chi connectivity index (χ4n) is 4.00. The Morgan fingerprint density at radius 3 is 2.73 bits per heavy atom. The molecule has 1 fully saturated rings. The molecule has 0 spiro atoms. The van der Waals surface area contributed by atoms with Crippen LogP contribution in [0.3, 0.4) is 0 Å². The molecule has 7 heteroatoms. The molecule has 1 saturated heterocycles. The molecule has 0 aliphatic carbocycles. The zero-order valence-corrected chi connectivity index (χ0v) is 17.9. The van der Waals surface area contributed by atoms with Gasteiger partial charge in [0.25, 0.3) is 5.91 Å². The lowest BCUT2D eigenvalue weighted by Gasteiger charge is -2.42. The van der Waals surface area contributed by atoms with E-state index < -0.39 is 11.3 Å². The number of carbonyl (C=O) groups excluding carboxylic acids is 2. The lowest BCUT2D eigenvalue weighted by atomic mass is 9.77. The van der Waals surface area contributed by atoms with Gasteiger partial charge in [0.15, 0.2) is 0 Å². The summed E-state index contributed by atoms with van der Waals surface area (Å²) < 4.78 is 11.1. The molecule has 1 heterocycles. The van der Waals surface area contributed by atoms with Crippen molar-refractivity contribution in [2.75, 3.05) is 26.8 Å². The van der Waals surface area contributed by atoms with Crippen LogP contribution in [0.4, 0.5) is 0 Å². The van der Waals surface area contributed by atoms with Crippen LogP contribution in [0.1, 0.15) is 35.2 Å². The Labute approximate surface area is 181 Å². The summed E-state index contributed by atoms with van der Waals surface area (Å²) in [6, 6.07) is 14.5. The third-order valence-electron chi connectivity index (χ3n) is 5.32. The number of nitrogens with two attached hydrogens (primary N) is 1. The summed E-state index contributed by atoms with van der Waals surface area (Å²) in [6.07, 6.45) is 1.68. The third-order valence-corrected chi connectivity index (χ3v) is 5.56. The van der Waals surface area contributed by atoms with E-state index in [-0.39, 0.29) is 18.9 Å². The quantitative estimate of drug-likeness (QED) is 0.692. The normalized spacial score (nSPS) is 18.8. The number of piperidine rings is 1. The summed E-state index contributed by atoms with van der Waals surface area (Å²) in [4.78, 5) is 26.8. The Morgan fingerprint density at radius 1 is 1.20 bits per heavy atom. The predicted octanol–water partition coefficient (Wildman–Crippen LogP) is 3.66. The second-order valence-electron chi connectivity index (χ2n) is 7.85. The van der Waals surface area contributed by atoms with Crippen LogP contribution in [0.2, 0.25) is 5.02 Å². The van der Waals surface area contributed by atoms with Crippen molar-refractivity contribution in [1.29, 1.82) is 0 Å². The van der Waals surface area contributed by atoms with Gasteiger partial charge in [0.2, 0.25) is 5.91 Å². The van der Waals surface area contributed by atoms with Gasteiger partial charge in [-0.3, -0.25) is 9.59 Å². The molecule has 0 radical (unpaired) electrons. The summed E-state index contributed by atoms with van der Waals surface area (Å²) in [5.74, 6) is 0.160. The largest absolute Gasteiger partial charge is 0.493 e. The maximum atomic E-state index is 13.2. The van der Waals surface area contributed by atoms with E-state index in [2.05, 4.69) is 0 Å². The number of primary amides is 1. The molecular formula is C23H27ClN2O4. The van der Waals surface area contributed by atoms with Gasteiger partial charge < -0.3 is 20.1 Å². The number of hydrogen-bond donors (Lipinski definition) is 1. The van der Waals surface area contributed by atoms with Gasteiger partial charge in [-0.25, -0.2) is 0 Å². The maximum Gasteiger partial charge on any atom is 0.253 e. The van der Waals surface area contributed by atoms with Gasteiger partial charge in [0, 0.05) is 42.6 Å². The molecule has 1 atom stereocenters. The van der Waals surface area contributed by atoms with Gasteiger partial charge >= 0.3 is 0 Å². The van der Waals surface area contributed by atoms with Crippen molar-refractivity contribution in [3.05, 3.63) is 64.7 Å². The fourth-order valence-corrected chi connectivity index (χ4v) is 4.18. The lowest BCUT2D eigenvalue weighted by molar-refractivity contribution is -0.122. The van der Waals surface area contributed by atoms with E-state index in [0.29, 0.717) is 36.0 Å². The van der Waals surface area contributed by atoms with E-state index in [1.165, 1.54) is 0 Å². The van der Waals surface area contributed by atoms with Crippen LogP contribution in [0.25, 0.3) is 0 Å². The number of methoxy groups -OCH3 is 1. The Kier molecular flexibility index (Phi) is 7.34. The highest BCUT2D eigenvalue weighted by atomic mass is 35.5. The molecule has 160 valence electrons. The minimum Gasteiger partial charge on any atom is -0.493 e. The fraction of sp³-hybridized carbons (Fsp3) is 0.391. The van der Waals surface area contributed by atoms with Crippen molar-refractivity contribution in [2.45, 2.75) is 25.9 Å². The van der Waals surface area contributed by atoms with E-state index in [9.17, 15) is 9.59 Å². The number of benzene rings is 2. The highest BCUT2D eigenvalue weighted by Gasteiger charge is 2.39. The summed E-state index contributed by atoms with van der Waals surface area (Å²) in [5, 5.41) is 0.577. The highest BCUT2D eigenvalue weighted by Crippen LogP contribution is 2.35. The van der Waals surface area contributed by atoms with Gasteiger partial charge in [0.1, 0.15) is 5.75 Å². The zero-order valence-electron chi connectivity index (χ0n) is 17.1. The molecule has 30 heavy (non-hydrogen) atoms. The van der Waals surface area contributed by atoms with Crippen molar-refractivity contribution in [3.63, 3.8) is 0 Å². The number of rotatable bonds is 8. The van der Waals surface area contributed by atoms with E-state index in [1.807, 2.05) is 30.3 Å². The van der Waals surface area contributed by atoms with Crippen LogP contribution in [-0.4, -0.2) is 43.5 Å². The first kappa shape index (κ1) is 22.1. The number of carbonyl (C=O) groups is 2. The smallest absolute Gasteiger partial charge is 0.253 e. The number of nitrogens with zero attached hydrogens (tertiary/aromatic N) is 1. The van der Waals surface area contributed by atoms with E-state index in [1.54, 1.807) is 30.2 Å². The van der Waals surface area contributed by atoms with Crippen LogP contribution in [0.5, 0.6) is 5.75 Å². The van der Waals surface area contributed by atoms with Crippen LogP contribution in [0.15, 0.2) is 48.5 Å². The molecule has 0 aromatic heterocycles. The third kappa shape index (κ3) is 5.74. The van der Waals surface area contributed by atoms with Gasteiger partial charge in [-0.2, -0.15) is 0 Å². The minimum absolute atomic E-state index is 0.0655. The lowest BCUT2D eigenvalue weighted by Crippen LogP contribution is -2.50. The molecule has 3 rings (SSSR count). The number of likely N-dealkylation sites (tertiary alicyclic amines) is 1. The summed E-state index contributed by atoms with van der Waals surface area (Å²) in [7, 11) is 1.62. The van der Waals surface area contributed by atoms with E-state index >= 15 is 0 Å². The summed E-state index contributed by atoms with van der Waals surface area (Å²) in [6.45, 7) is 1.76. The SMILES string of the molecule is COCc1cccc(C(=O)N2CCC[C@](COc3cccc(Cl)c3)(CC(N)=O)C2)c1. The maximum absolute atomic E-state index is 13.2. The van der Waals surface area contributed by atoms with Crippen LogP contribution < -0.4 is 10.5 Å². The van der Waals surface area contributed by atoms with Crippen molar-refractivity contribution in [2.24, 2.45) is 11.1 Å². The number of ether oxygens (including phenoxy) is 2. The molecule has 0 bridgehead atoms.